The van der Waals surface area contributed by atoms with Gasteiger partial charge in [-0.1, -0.05) is 38.8 Å². The summed E-state index contributed by atoms with van der Waals surface area (Å²) in [5, 5.41) is 3.06. The predicted molar refractivity (Wildman–Crippen MR) is 92.3 cm³/mol. The number of rotatable bonds is 4. The Labute approximate surface area is 142 Å². The summed E-state index contributed by atoms with van der Waals surface area (Å²) in [6.45, 7) is 3.83. The molecule has 6 nitrogen and oxygen atoms in total. The van der Waals surface area contributed by atoms with Gasteiger partial charge in [0.25, 0.3) is 10.0 Å². The number of aliphatic imine (C=N–C) groups is 1. The fraction of sp³-hybridized carbons (Fsp3) is 0.529. The van der Waals surface area contributed by atoms with Gasteiger partial charge in [0.15, 0.2) is 0 Å². The molecule has 1 aliphatic carbocycles. The third kappa shape index (κ3) is 3.31. The van der Waals surface area contributed by atoms with E-state index in [0.29, 0.717) is 5.56 Å². The van der Waals surface area contributed by atoms with Gasteiger partial charge in [0, 0.05) is 11.6 Å². The lowest BCUT2D eigenvalue weighted by Gasteiger charge is -2.20. The third-order valence-electron chi connectivity index (χ3n) is 4.53. The first-order chi connectivity index (χ1) is 11.4. The minimum absolute atomic E-state index is 0.0313. The van der Waals surface area contributed by atoms with Gasteiger partial charge in [0.05, 0.1) is 4.90 Å². The van der Waals surface area contributed by atoms with Gasteiger partial charge < -0.3 is 5.32 Å². The summed E-state index contributed by atoms with van der Waals surface area (Å²) < 4.78 is 26.8. The van der Waals surface area contributed by atoms with Gasteiger partial charge in [-0.05, 0) is 30.9 Å². The van der Waals surface area contributed by atoms with Crippen LogP contribution in [0, 0.1) is 5.92 Å². The SMILES string of the molecule is CC(C)[C@H](N=C1NS(=O)(=O)c2ccccc21)C(=O)NC1CCCC1. The van der Waals surface area contributed by atoms with Gasteiger partial charge in [0.2, 0.25) is 5.91 Å². The number of amides is 1. The summed E-state index contributed by atoms with van der Waals surface area (Å²) in [5.74, 6) is 0.0926. The molecule has 1 aromatic rings. The Bertz CT molecular complexity index is 765. The molecule has 1 aromatic carbocycles. The van der Waals surface area contributed by atoms with Gasteiger partial charge in [-0.15, -0.1) is 0 Å². The maximum Gasteiger partial charge on any atom is 0.263 e. The normalized spacial score (nSPS) is 22.4. The maximum atomic E-state index is 12.6. The van der Waals surface area contributed by atoms with Crippen LogP contribution in [0.1, 0.15) is 45.1 Å². The summed E-state index contributed by atoms with van der Waals surface area (Å²) >= 11 is 0. The van der Waals surface area contributed by atoms with Crippen LogP contribution in [0.2, 0.25) is 0 Å². The van der Waals surface area contributed by atoms with Crippen molar-refractivity contribution in [1.29, 1.82) is 0 Å². The second-order valence-corrected chi connectivity index (χ2v) is 8.41. The van der Waals surface area contributed by atoms with Crippen LogP contribution >= 0.6 is 0 Å². The van der Waals surface area contributed by atoms with E-state index in [4.69, 9.17) is 0 Å². The number of carbonyl (C=O) groups is 1. The highest BCUT2D eigenvalue weighted by Gasteiger charge is 2.33. The van der Waals surface area contributed by atoms with E-state index < -0.39 is 16.1 Å². The monoisotopic (exact) mass is 349 g/mol. The number of hydrogen-bond donors (Lipinski definition) is 2. The lowest BCUT2D eigenvalue weighted by molar-refractivity contribution is -0.123. The fourth-order valence-electron chi connectivity index (χ4n) is 3.24. The van der Waals surface area contributed by atoms with E-state index in [9.17, 15) is 13.2 Å². The summed E-state index contributed by atoms with van der Waals surface area (Å²) in [6.07, 6.45) is 4.28. The van der Waals surface area contributed by atoms with Crippen molar-refractivity contribution in [3.63, 3.8) is 0 Å². The number of benzene rings is 1. The van der Waals surface area contributed by atoms with Crippen molar-refractivity contribution in [2.24, 2.45) is 10.9 Å². The molecular formula is C17H23N3O3S. The van der Waals surface area contributed by atoms with Crippen molar-refractivity contribution < 1.29 is 13.2 Å². The van der Waals surface area contributed by atoms with Crippen molar-refractivity contribution in [1.82, 2.24) is 10.0 Å². The van der Waals surface area contributed by atoms with Gasteiger partial charge in [-0.2, -0.15) is 0 Å². The van der Waals surface area contributed by atoms with Crippen LogP contribution in [0.3, 0.4) is 0 Å². The van der Waals surface area contributed by atoms with Crippen LogP contribution in [0.5, 0.6) is 0 Å². The second-order valence-electron chi connectivity index (χ2n) is 6.76. The standard InChI is InChI=1S/C17H23N3O3S/c1-11(2)15(17(21)18-12-7-3-4-8-12)19-16-13-9-5-6-10-14(13)24(22,23)20-16/h5-6,9-12,15H,3-4,7-8H2,1-2H3,(H,18,21)(H,19,20)/t15-/m0/s1. The second kappa shape index (κ2) is 6.55. The molecule has 24 heavy (non-hydrogen) atoms. The van der Waals surface area contributed by atoms with E-state index in [1.807, 2.05) is 13.8 Å². The molecular weight excluding hydrogens is 326 g/mol. The average Bonchev–Trinajstić information content (AvgIpc) is 3.11. The number of nitrogens with zero attached hydrogens (tertiary/aromatic N) is 1. The van der Waals surface area contributed by atoms with E-state index in [1.165, 1.54) is 0 Å². The Morgan fingerprint density at radius 3 is 2.58 bits per heavy atom. The molecule has 2 N–H and O–H groups in total. The van der Waals surface area contributed by atoms with Crippen molar-refractivity contribution in [2.45, 2.75) is 56.5 Å². The number of nitrogens with one attached hydrogen (secondary N) is 2. The van der Waals surface area contributed by atoms with Crippen LogP contribution in [0.4, 0.5) is 0 Å². The Kier molecular flexibility index (Phi) is 4.62. The molecule has 2 aliphatic rings. The highest BCUT2D eigenvalue weighted by atomic mass is 32.2. The Morgan fingerprint density at radius 2 is 1.92 bits per heavy atom. The third-order valence-corrected chi connectivity index (χ3v) is 5.93. The highest BCUT2D eigenvalue weighted by Crippen LogP contribution is 2.24. The fourth-order valence-corrected chi connectivity index (χ4v) is 4.48. The predicted octanol–water partition coefficient (Wildman–Crippen LogP) is 1.81. The molecule has 1 amide bonds. The molecule has 0 spiro atoms. The first-order valence-corrected chi connectivity index (χ1v) is 9.87. The highest BCUT2D eigenvalue weighted by molar-refractivity contribution is 7.90. The van der Waals surface area contributed by atoms with E-state index in [0.717, 1.165) is 25.7 Å². The Morgan fingerprint density at radius 1 is 1.25 bits per heavy atom. The number of fused-ring (bicyclic) bond motifs is 1. The van der Waals surface area contributed by atoms with Gasteiger partial charge in [0.1, 0.15) is 11.9 Å². The van der Waals surface area contributed by atoms with E-state index >= 15 is 0 Å². The van der Waals surface area contributed by atoms with Crippen LogP contribution in [0.15, 0.2) is 34.2 Å². The molecule has 0 unspecified atom stereocenters. The minimum Gasteiger partial charge on any atom is -0.352 e. The van der Waals surface area contributed by atoms with E-state index in [1.54, 1.807) is 24.3 Å². The average molecular weight is 349 g/mol. The number of carbonyl (C=O) groups excluding carboxylic acids is 1. The van der Waals surface area contributed by atoms with Gasteiger partial charge in [-0.25, -0.2) is 8.42 Å². The smallest absolute Gasteiger partial charge is 0.263 e. The van der Waals surface area contributed by atoms with E-state index in [2.05, 4.69) is 15.0 Å². The van der Waals surface area contributed by atoms with Crippen molar-refractivity contribution in [3.05, 3.63) is 29.8 Å². The molecule has 0 radical (unpaired) electrons. The van der Waals surface area contributed by atoms with Gasteiger partial charge in [-0.3, -0.25) is 14.5 Å². The molecule has 0 aromatic heterocycles. The molecule has 1 saturated carbocycles. The molecule has 0 bridgehead atoms. The van der Waals surface area contributed by atoms with E-state index in [-0.39, 0.29) is 28.6 Å². The topological polar surface area (TPSA) is 87.6 Å². The largest absolute Gasteiger partial charge is 0.352 e. The molecule has 0 saturated heterocycles. The lowest BCUT2D eigenvalue weighted by atomic mass is 10.0. The number of hydrogen-bond acceptors (Lipinski definition) is 4. The van der Waals surface area contributed by atoms with Crippen LogP contribution in [-0.2, 0) is 14.8 Å². The molecule has 1 fully saturated rings. The zero-order valence-corrected chi connectivity index (χ0v) is 14.8. The lowest BCUT2D eigenvalue weighted by Crippen LogP contribution is -2.42. The maximum absolute atomic E-state index is 12.6. The molecule has 7 heteroatoms. The first kappa shape index (κ1) is 17.0. The van der Waals surface area contributed by atoms with Crippen LogP contribution in [-0.4, -0.2) is 32.2 Å². The molecule has 1 atom stereocenters. The summed E-state index contributed by atoms with van der Waals surface area (Å²) in [6, 6.07) is 6.29. The molecule has 130 valence electrons. The zero-order valence-electron chi connectivity index (χ0n) is 14.0. The van der Waals surface area contributed by atoms with Crippen molar-refractivity contribution in [3.8, 4) is 0 Å². The van der Waals surface area contributed by atoms with Crippen molar-refractivity contribution in [2.75, 3.05) is 0 Å². The summed E-state index contributed by atoms with van der Waals surface area (Å²) in [7, 11) is -3.59. The van der Waals surface area contributed by atoms with Crippen molar-refractivity contribution >= 4 is 21.8 Å². The number of amidine groups is 1. The Hall–Kier alpha value is -1.89. The molecule has 3 rings (SSSR count). The Balaban J connectivity index is 1.88. The molecule has 1 aliphatic heterocycles. The van der Waals surface area contributed by atoms with Crippen LogP contribution in [0.25, 0.3) is 0 Å². The quantitative estimate of drug-likeness (QED) is 0.869. The van der Waals surface area contributed by atoms with Crippen LogP contribution < -0.4 is 10.0 Å². The summed E-state index contributed by atoms with van der Waals surface area (Å²) in [5.41, 5.74) is 0.525. The minimum atomic E-state index is -3.59. The molecule has 1 heterocycles. The zero-order chi connectivity index (χ0) is 17.3. The number of sulfonamides is 1. The van der Waals surface area contributed by atoms with Gasteiger partial charge >= 0.3 is 0 Å². The first-order valence-electron chi connectivity index (χ1n) is 8.39. The summed E-state index contributed by atoms with van der Waals surface area (Å²) in [4.78, 5) is 17.3.